The number of hydrogen-bond donors (Lipinski definition) is 1. The zero-order valence-corrected chi connectivity index (χ0v) is 16.4. The van der Waals surface area contributed by atoms with Crippen molar-refractivity contribution in [2.45, 2.75) is 31.2 Å². The van der Waals surface area contributed by atoms with Gasteiger partial charge in [-0.2, -0.15) is 0 Å². The Bertz CT molecular complexity index is 724. The predicted molar refractivity (Wildman–Crippen MR) is 94.4 cm³/mol. The van der Waals surface area contributed by atoms with Crippen LogP contribution in [0.1, 0.15) is 17.4 Å². The molecule has 2 rings (SSSR count). The molecule has 3 nitrogen and oxygen atoms in total. The van der Waals surface area contributed by atoms with E-state index in [1.54, 1.807) is 6.07 Å². The van der Waals surface area contributed by atoms with E-state index in [0.717, 1.165) is 18.7 Å². The minimum atomic E-state index is -3.48. The molecule has 0 saturated carbocycles. The Balaban J connectivity index is 2.09. The van der Waals surface area contributed by atoms with Crippen LogP contribution in [-0.4, -0.2) is 14.5 Å². The molecule has 2 aromatic rings. The molecule has 0 amide bonds. The number of nitrogens with one attached hydrogen (secondary N) is 1. The number of rotatable bonds is 5. The van der Waals surface area contributed by atoms with Gasteiger partial charge in [0.15, 0.2) is 0 Å². The van der Waals surface area contributed by atoms with Gasteiger partial charge in [-0.3, -0.25) is 0 Å². The van der Waals surface area contributed by atoms with Crippen LogP contribution in [-0.2, 0) is 16.4 Å². The Morgan fingerprint density at radius 2 is 1.86 bits per heavy atom. The van der Waals surface area contributed by atoms with Crippen molar-refractivity contribution in [3.8, 4) is 0 Å². The topological polar surface area (TPSA) is 46.2 Å². The van der Waals surface area contributed by atoms with Crippen molar-refractivity contribution in [3.05, 3.63) is 49.0 Å². The first-order chi connectivity index (χ1) is 9.78. The zero-order chi connectivity index (χ0) is 15.6. The van der Waals surface area contributed by atoms with Crippen LogP contribution in [0.15, 0.2) is 43.5 Å². The predicted octanol–water partition coefficient (Wildman–Crippen LogP) is 4.49. The van der Waals surface area contributed by atoms with Crippen LogP contribution in [0.25, 0.3) is 0 Å². The Morgan fingerprint density at radius 1 is 1.24 bits per heavy atom. The fourth-order valence-corrected chi connectivity index (χ4v) is 5.96. The van der Waals surface area contributed by atoms with Crippen LogP contribution >= 0.6 is 43.2 Å². The smallest absolute Gasteiger partial charge is 0.208 e. The van der Waals surface area contributed by atoms with Gasteiger partial charge in [0, 0.05) is 15.4 Å². The molecule has 1 N–H and O–H groups in total. The summed E-state index contributed by atoms with van der Waals surface area (Å²) in [5, 5.41) is 0. The fraction of sp³-hybridized carbons (Fsp3) is 0.286. The van der Waals surface area contributed by atoms with Crippen molar-refractivity contribution in [1.29, 1.82) is 0 Å². The number of sulfonamides is 1. The molecule has 0 radical (unpaired) electrons. The molecule has 1 aromatic carbocycles. The first-order valence-corrected chi connectivity index (χ1v) is 10.2. The van der Waals surface area contributed by atoms with Gasteiger partial charge in [-0.15, -0.1) is 11.3 Å². The molecular formula is C14H15Br2NO2S2. The van der Waals surface area contributed by atoms with Gasteiger partial charge in [0.25, 0.3) is 0 Å². The van der Waals surface area contributed by atoms with Crippen molar-refractivity contribution in [2.24, 2.45) is 0 Å². The molecule has 0 saturated heterocycles. The summed E-state index contributed by atoms with van der Waals surface area (Å²) in [4.78, 5) is 1.13. The van der Waals surface area contributed by atoms with Gasteiger partial charge in [-0.25, -0.2) is 13.1 Å². The lowest BCUT2D eigenvalue weighted by Gasteiger charge is -2.14. The maximum Gasteiger partial charge on any atom is 0.241 e. The molecule has 0 bridgehead atoms. The highest BCUT2D eigenvalue weighted by Crippen LogP contribution is 2.29. The summed E-state index contributed by atoms with van der Waals surface area (Å²) in [6, 6.07) is 9.36. The van der Waals surface area contributed by atoms with E-state index in [0.29, 0.717) is 11.3 Å². The lowest BCUT2D eigenvalue weighted by Crippen LogP contribution is -2.34. The molecule has 0 spiro atoms. The number of thiophene rings is 1. The summed E-state index contributed by atoms with van der Waals surface area (Å²) in [5.41, 5.74) is 1.09. The van der Waals surface area contributed by atoms with E-state index in [4.69, 9.17) is 0 Å². The van der Waals surface area contributed by atoms with E-state index in [9.17, 15) is 8.42 Å². The third kappa shape index (κ3) is 4.63. The molecule has 0 aliphatic rings. The summed E-state index contributed by atoms with van der Waals surface area (Å²) in [7, 11) is -3.48. The van der Waals surface area contributed by atoms with E-state index in [1.807, 2.05) is 38.1 Å². The van der Waals surface area contributed by atoms with Gasteiger partial charge in [0.1, 0.15) is 0 Å². The molecule has 1 unspecified atom stereocenters. The van der Waals surface area contributed by atoms with Gasteiger partial charge in [0.2, 0.25) is 10.0 Å². The maximum absolute atomic E-state index is 12.4. The van der Waals surface area contributed by atoms with Crippen molar-refractivity contribution < 1.29 is 8.42 Å². The van der Waals surface area contributed by atoms with E-state index in [2.05, 4.69) is 36.6 Å². The highest BCUT2D eigenvalue weighted by molar-refractivity contribution is 9.11. The van der Waals surface area contributed by atoms with E-state index < -0.39 is 10.0 Å². The second-order valence-corrected chi connectivity index (χ2v) is 10.1. The lowest BCUT2D eigenvalue weighted by atomic mass is 10.1. The van der Waals surface area contributed by atoms with Crippen LogP contribution < -0.4 is 4.72 Å². The Kier molecular flexibility index (Phi) is 5.65. The molecule has 0 aliphatic carbocycles. The van der Waals surface area contributed by atoms with Crippen molar-refractivity contribution in [2.75, 3.05) is 0 Å². The standard InChI is InChI=1S/C14H15Br2NO2S2/c1-9(7-11-3-5-12(15)6-4-11)17-21(18,19)13-8-14(16)20-10(13)2/h3-6,8-9,17H,7H2,1-2H3. The molecule has 114 valence electrons. The van der Waals surface area contributed by atoms with Crippen molar-refractivity contribution in [3.63, 3.8) is 0 Å². The Morgan fingerprint density at radius 3 is 2.38 bits per heavy atom. The minimum Gasteiger partial charge on any atom is -0.208 e. The summed E-state index contributed by atoms with van der Waals surface area (Å²) in [6.07, 6.45) is 0.650. The van der Waals surface area contributed by atoms with Gasteiger partial charge in [-0.1, -0.05) is 28.1 Å². The number of halogens is 2. The average molecular weight is 453 g/mol. The fourth-order valence-electron chi connectivity index (χ4n) is 2.04. The van der Waals surface area contributed by atoms with Gasteiger partial charge in [-0.05, 0) is 60.0 Å². The summed E-state index contributed by atoms with van der Waals surface area (Å²) >= 11 is 8.13. The number of benzene rings is 1. The number of hydrogen-bond acceptors (Lipinski definition) is 3. The minimum absolute atomic E-state index is 0.172. The molecule has 1 atom stereocenters. The molecule has 7 heteroatoms. The van der Waals surface area contributed by atoms with Crippen LogP contribution in [0, 0.1) is 6.92 Å². The summed E-state index contributed by atoms with van der Waals surface area (Å²) in [5.74, 6) is 0. The molecule has 0 fully saturated rings. The largest absolute Gasteiger partial charge is 0.241 e. The average Bonchev–Trinajstić information content (AvgIpc) is 2.71. The molecule has 1 aromatic heterocycles. The lowest BCUT2D eigenvalue weighted by molar-refractivity contribution is 0.559. The van der Waals surface area contributed by atoms with Crippen LogP contribution in [0.5, 0.6) is 0 Å². The summed E-state index contributed by atoms with van der Waals surface area (Å²) in [6.45, 7) is 3.68. The third-order valence-corrected chi connectivity index (χ3v) is 6.87. The third-order valence-electron chi connectivity index (χ3n) is 2.94. The van der Waals surface area contributed by atoms with E-state index in [-0.39, 0.29) is 6.04 Å². The van der Waals surface area contributed by atoms with Gasteiger partial charge < -0.3 is 0 Å². The SMILES string of the molecule is Cc1sc(Br)cc1S(=O)(=O)NC(C)Cc1ccc(Br)cc1. The summed E-state index contributed by atoms with van der Waals surface area (Å²) < 4.78 is 29.3. The molecule has 1 heterocycles. The monoisotopic (exact) mass is 451 g/mol. The Labute approximate surface area is 146 Å². The Hall–Kier alpha value is -0.210. The maximum atomic E-state index is 12.4. The zero-order valence-electron chi connectivity index (χ0n) is 11.6. The van der Waals surface area contributed by atoms with Crippen LogP contribution in [0.3, 0.4) is 0 Å². The van der Waals surface area contributed by atoms with E-state index in [1.165, 1.54) is 11.3 Å². The second kappa shape index (κ2) is 6.91. The van der Waals surface area contributed by atoms with Crippen LogP contribution in [0.2, 0.25) is 0 Å². The molecule has 21 heavy (non-hydrogen) atoms. The second-order valence-electron chi connectivity index (χ2n) is 4.82. The highest BCUT2D eigenvalue weighted by Gasteiger charge is 2.21. The normalized spacial score (nSPS) is 13.3. The first kappa shape index (κ1) is 17.1. The number of aryl methyl sites for hydroxylation is 1. The van der Waals surface area contributed by atoms with Crippen molar-refractivity contribution in [1.82, 2.24) is 4.72 Å². The highest BCUT2D eigenvalue weighted by atomic mass is 79.9. The first-order valence-electron chi connectivity index (χ1n) is 6.30. The van der Waals surface area contributed by atoms with Gasteiger partial charge in [0.05, 0.1) is 8.68 Å². The molecular weight excluding hydrogens is 438 g/mol. The molecule has 0 aliphatic heterocycles. The quantitative estimate of drug-likeness (QED) is 0.726. The van der Waals surface area contributed by atoms with Gasteiger partial charge >= 0.3 is 0 Å². The van der Waals surface area contributed by atoms with Crippen molar-refractivity contribution >= 4 is 53.2 Å². The van der Waals surface area contributed by atoms with E-state index >= 15 is 0 Å². The van der Waals surface area contributed by atoms with Crippen LogP contribution in [0.4, 0.5) is 0 Å².